The maximum Gasteiger partial charge on any atom is 0.0936 e. The standard InChI is InChI=1S/C12H20P/c1-4-11-13(3,5-2)12-9-7-6-8-10-12/h6-10H,4-5,11H2,1-3H3/q+1. The zero-order valence-electron chi connectivity index (χ0n) is 8.96. The van der Waals surface area contributed by atoms with Crippen LogP contribution in [0.3, 0.4) is 0 Å². The van der Waals surface area contributed by atoms with E-state index in [0.29, 0.717) is 0 Å². The van der Waals surface area contributed by atoms with Crippen molar-refractivity contribution in [2.45, 2.75) is 20.3 Å². The van der Waals surface area contributed by atoms with Gasteiger partial charge >= 0.3 is 0 Å². The van der Waals surface area contributed by atoms with E-state index in [1.165, 1.54) is 18.7 Å². The van der Waals surface area contributed by atoms with Crippen LogP contribution in [0, 0.1) is 0 Å². The molecule has 0 bridgehead atoms. The van der Waals surface area contributed by atoms with Crippen molar-refractivity contribution in [1.29, 1.82) is 0 Å². The van der Waals surface area contributed by atoms with Gasteiger partial charge in [-0.1, -0.05) is 25.1 Å². The molecule has 72 valence electrons. The van der Waals surface area contributed by atoms with E-state index in [2.05, 4.69) is 50.8 Å². The SMILES string of the molecule is CCC[P+](C)(CC)c1ccccc1. The molecule has 1 unspecified atom stereocenters. The highest BCUT2D eigenvalue weighted by Gasteiger charge is 2.30. The Bertz CT molecular complexity index is 243. The third kappa shape index (κ3) is 2.54. The Balaban J connectivity index is 2.89. The molecule has 1 atom stereocenters. The monoisotopic (exact) mass is 195 g/mol. The summed E-state index contributed by atoms with van der Waals surface area (Å²) in [6.45, 7) is 7.10. The lowest BCUT2D eigenvalue weighted by atomic mass is 10.4. The number of benzene rings is 1. The van der Waals surface area contributed by atoms with Crippen LogP contribution in [0.1, 0.15) is 20.3 Å². The summed E-state index contributed by atoms with van der Waals surface area (Å²) < 4.78 is 0. The fourth-order valence-electron chi connectivity index (χ4n) is 1.75. The fraction of sp³-hybridized carbons (Fsp3) is 0.500. The zero-order valence-corrected chi connectivity index (χ0v) is 9.85. The summed E-state index contributed by atoms with van der Waals surface area (Å²) in [5, 5.41) is 1.60. The van der Waals surface area contributed by atoms with E-state index in [0.717, 1.165) is 0 Å². The van der Waals surface area contributed by atoms with Gasteiger partial charge in [0.25, 0.3) is 0 Å². The van der Waals surface area contributed by atoms with Gasteiger partial charge in [0, 0.05) is 7.26 Å². The van der Waals surface area contributed by atoms with Crippen molar-refractivity contribution in [3.8, 4) is 0 Å². The minimum atomic E-state index is -0.803. The summed E-state index contributed by atoms with van der Waals surface area (Å²) in [4.78, 5) is 0. The van der Waals surface area contributed by atoms with E-state index in [1.807, 2.05) is 0 Å². The molecule has 1 heteroatoms. The Kier molecular flexibility index (Phi) is 3.93. The van der Waals surface area contributed by atoms with Crippen LogP contribution in [0.4, 0.5) is 0 Å². The Hall–Kier alpha value is -0.350. The molecule has 0 aliphatic rings. The minimum Gasteiger partial charge on any atom is -0.0620 e. The first-order valence-electron chi connectivity index (χ1n) is 5.13. The van der Waals surface area contributed by atoms with Crippen LogP contribution in [0.2, 0.25) is 0 Å². The second kappa shape index (κ2) is 4.77. The lowest BCUT2D eigenvalue weighted by Crippen LogP contribution is -2.14. The molecule has 0 saturated heterocycles. The van der Waals surface area contributed by atoms with Gasteiger partial charge in [0.1, 0.15) is 0 Å². The van der Waals surface area contributed by atoms with E-state index in [4.69, 9.17) is 0 Å². The molecule has 0 spiro atoms. The molecule has 0 saturated carbocycles. The molecule has 0 aromatic heterocycles. The predicted octanol–water partition coefficient (Wildman–Crippen LogP) is 3.39. The van der Waals surface area contributed by atoms with Crippen LogP contribution in [0.25, 0.3) is 0 Å². The van der Waals surface area contributed by atoms with Crippen molar-refractivity contribution < 1.29 is 0 Å². The first-order chi connectivity index (χ1) is 6.23. The van der Waals surface area contributed by atoms with Crippen LogP contribution in [0.5, 0.6) is 0 Å². The van der Waals surface area contributed by atoms with Gasteiger partial charge in [0.15, 0.2) is 0 Å². The van der Waals surface area contributed by atoms with Gasteiger partial charge in [-0.3, -0.25) is 0 Å². The maximum atomic E-state index is 2.48. The largest absolute Gasteiger partial charge is 0.0936 e. The molecule has 0 nitrogen and oxygen atoms in total. The normalized spacial score (nSPS) is 15.3. The topological polar surface area (TPSA) is 0 Å². The van der Waals surface area contributed by atoms with Gasteiger partial charge in [0.05, 0.1) is 24.3 Å². The maximum absolute atomic E-state index is 2.48. The number of hydrogen-bond acceptors (Lipinski definition) is 0. The van der Waals surface area contributed by atoms with Crippen LogP contribution in [-0.4, -0.2) is 19.0 Å². The molecular formula is C12H20P+. The molecule has 0 amide bonds. The molecule has 1 rings (SSSR count). The number of rotatable bonds is 4. The van der Waals surface area contributed by atoms with Crippen LogP contribution in [-0.2, 0) is 0 Å². The molecule has 0 N–H and O–H groups in total. The fourth-order valence-corrected chi connectivity index (χ4v) is 4.57. The highest BCUT2D eigenvalue weighted by molar-refractivity contribution is 7.82. The second-order valence-electron chi connectivity index (χ2n) is 3.77. The van der Waals surface area contributed by atoms with Crippen molar-refractivity contribution in [3.63, 3.8) is 0 Å². The molecule has 0 radical (unpaired) electrons. The van der Waals surface area contributed by atoms with Gasteiger partial charge in [-0.15, -0.1) is 0 Å². The molecular weight excluding hydrogens is 175 g/mol. The van der Waals surface area contributed by atoms with Crippen molar-refractivity contribution in [3.05, 3.63) is 30.3 Å². The molecule has 1 aromatic carbocycles. The minimum absolute atomic E-state index is 0.803. The van der Waals surface area contributed by atoms with Crippen molar-refractivity contribution in [2.24, 2.45) is 0 Å². The quantitative estimate of drug-likeness (QED) is 0.646. The summed E-state index contributed by atoms with van der Waals surface area (Å²) in [6.07, 6.45) is 4.05. The summed E-state index contributed by atoms with van der Waals surface area (Å²) in [5.41, 5.74) is 0. The van der Waals surface area contributed by atoms with E-state index in [-0.39, 0.29) is 0 Å². The van der Waals surface area contributed by atoms with Gasteiger partial charge in [-0.25, -0.2) is 0 Å². The molecule has 0 aliphatic carbocycles. The summed E-state index contributed by atoms with van der Waals surface area (Å²) >= 11 is 0. The van der Waals surface area contributed by atoms with Crippen LogP contribution < -0.4 is 5.30 Å². The highest BCUT2D eigenvalue weighted by atomic mass is 31.2. The molecule has 0 heterocycles. The summed E-state index contributed by atoms with van der Waals surface area (Å²) in [7, 11) is -0.803. The van der Waals surface area contributed by atoms with Gasteiger partial charge in [-0.05, 0) is 25.5 Å². The Morgan fingerprint density at radius 3 is 2.15 bits per heavy atom. The van der Waals surface area contributed by atoms with Crippen LogP contribution in [0.15, 0.2) is 30.3 Å². The predicted molar refractivity (Wildman–Crippen MR) is 64.6 cm³/mol. The highest BCUT2D eigenvalue weighted by Crippen LogP contribution is 2.53. The first kappa shape index (κ1) is 10.7. The lowest BCUT2D eigenvalue weighted by molar-refractivity contribution is 1.09. The second-order valence-corrected chi connectivity index (χ2v) is 8.16. The average molecular weight is 195 g/mol. The Labute approximate surface area is 82.7 Å². The van der Waals surface area contributed by atoms with E-state index in [1.54, 1.807) is 5.30 Å². The third-order valence-electron chi connectivity index (χ3n) is 2.79. The molecule has 0 aliphatic heterocycles. The van der Waals surface area contributed by atoms with Gasteiger partial charge < -0.3 is 0 Å². The summed E-state index contributed by atoms with van der Waals surface area (Å²) in [6, 6.07) is 11.0. The van der Waals surface area contributed by atoms with Crippen LogP contribution >= 0.6 is 7.26 Å². The summed E-state index contributed by atoms with van der Waals surface area (Å²) in [5.74, 6) is 0. The van der Waals surface area contributed by atoms with E-state index in [9.17, 15) is 0 Å². The molecule has 13 heavy (non-hydrogen) atoms. The van der Waals surface area contributed by atoms with Crippen molar-refractivity contribution >= 4 is 12.6 Å². The van der Waals surface area contributed by atoms with E-state index >= 15 is 0 Å². The van der Waals surface area contributed by atoms with Gasteiger partial charge in [0.2, 0.25) is 0 Å². The average Bonchev–Trinajstić information content (AvgIpc) is 2.19. The smallest absolute Gasteiger partial charge is 0.0620 e. The number of hydrogen-bond donors (Lipinski definition) is 0. The molecule has 1 aromatic rings. The molecule has 0 fully saturated rings. The Morgan fingerprint density at radius 2 is 1.69 bits per heavy atom. The van der Waals surface area contributed by atoms with Crippen molar-refractivity contribution in [1.82, 2.24) is 0 Å². The zero-order chi connectivity index (χ0) is 9.73. The van der Waals surface area contributed by atoms with E-state index < -0.39 is 7.26 Å². The first-order valence-corrected chi connectivity index (χ1v) is 7.73. The van der Waals surface area contributed by atoms with Crippen molar-refractivity contribution in [2.75, 3.05) is 19.0 Å². The Morgan fingerprint density at radius 1 is 1.08 bits per heavy atom. The lowest BCUT2D eigenvalue weighted by Gasteiger charge is -2.20. The third-order valence-corrected chi connectivity index (χ3v) is 7.17. The van der Waals surface area contributed by atoms with Gasteiger partial charge in [-0.2, -0.15) is 0 Å².